The van der Waals surface area contributed by atoms with Crippen LogP contribution in [-0.4, -0.2) is 18.5 Å². The summed E-state index contributed by atoms with van der Waals surface area (Å²) in [6.07, 6.45) is 1.01. The van der Waals surface area contributed by atoms with Crippen LogP contribution in [0.3, 0.4) is 0 Å². The molecule has 106 valence electrons. The van der Waals surface area contributed by atoms with E-state index in [9.17, 15) is 4.39 Å². The van der Waals surface area contributed by atoms with Crippen molar-refractivity contribution in [1.29, 1.82) is 0 Å². The summed E-state index contributed by atoms with van der Waals surface area (Å²) in [5.41, 5.74) is 0.579. The van der Waals surface area contributed by atoms with Crippen LogP contribution >= 0.6 is 15.9 Å². The Morgan fingerprint density at radius 2 is 2.16 bits per heavy atom. The number of benzene rings is 1. The smallest absolute Gasteiger partial charge is 0.191 e. The molecule has 5 heteroatoms. The minimum absolute atomic E-state index is 0.230. The summed E-state index contributed by atoms with van der Waals surface area (Å²) < 4.78 is 14.5. The number of nitrogens with one attached hydrogen (secondary N) is 2. The second-order valence-corrected chi connectivity index (χ2v) is 5.30. The average molecular weight is 330 g/mol. The van der Waals surface area contributed by atoms with Crippen molar-refractivity contribution in [1.82, 2.24) is 10.6 Å². The summed E-state index contributed by atoms with van der Waals surface area (Å²) in [5, 5.41) is 6.43. The molecule has 1 aromatic carbocycles. The van der Waals surface area contributed by atoms with Gasteiger partial charge in [-0.25, -0.2) is 9.38 Å². The number of hydrogen-bond donors (Lipinski definition) is 2. The molecule has 0 bridgehead atoms. The molecule has 1 aromatic rings. The minimum atomic E-state index is -0.230. The predicted octanol–water partition coefficient (Wildman–Crippen LogP) is 3.44. The molecule has 0 saturated carbocycles. The van der Waals surface area contributed by atoms with Gasteiger partial charge in [0.25, 0.3) is 0 Å². The highest BCUT2D eigenvalue weighted by atomic mass is 79.9. The van der Waals surface area contributed by atoms with Crippen LogP contribution in [0.5, 0.6) is 0 Å². The zero-order valence-electron chi connectivity index (χ0n) is 11.6. The Hall–Kier alpha value is -1.10. The fourth-order valence-electron chi connectivity index (χ4n) is 1.48. The number of rotatable bonds is 5. The highest BCUT2D eigenvalue weighted by Crippen LogP contribution is 2.16. The maximum Gasteiger partial charge on any atom is 0.191 e. The Morgan fingerprint density at radius 1 is 1.42 bits per heavy atom. The predicted molar refractivity (Wildman–Crippen MR) is 81.8 cm³/mol. The van der Waals surface area contributed by atoms with Gasteiger partial charge in [0.1, 0.15) is 5.82 Å². The first-order valence-corrected chi connectivity index (χ1v) is 7.34. The topological polar surface area (TPSA) is 36.4 Å². The van der Waals surface area contributed by atoms with E-state index in [1.807, 2.05) is 6.92 Å². The molecule has 0 radical (unpaired) electrons. The van der Waals surface area contributed by atoms with E-state index in [1.54, 1.807) is 12.1 Å². The summed E-state index contributed by atoms with van der Waals surface area (Å²) in [4.78, 5) is 4.41. The molecular formula is C14H21BrFN3. The van der Waals surface area contributed by atoms with E-state index >= 15 is 0 Å². The first kappa shape index (κ1) is 16.0. The lowest BCUT2D eigenvalue weighted by atomic mass is 10.2. The third-order valence-corrected chi connectivity index (χ3v) is 3.25. The first-order chi connectivity index (χ1) is 9.06. The fourth-order valence-corrected chi connectivity index (χ4v) is 1.89. The van der Waals surface area contributed by atoms with Crippen LogP contribution < -0.4 is 10.6 Å². The van der Waals surface area contributed by atoms with Gasteiger partial charge < -0.3 is 10.6 Å². The second-order valence-electron chi connectivity index (χ2n) is 4.38. The Morgan fingerprint density at radius 3 is 2.79 bits per heavy atom. The molecule has 0 fully saturated rings. The van der Waals surface area contributed by atoms with Crippen molar-refractivity contribution in [3.05, 3.63) is 34.1 Å². The van der Waals surface area contributed by atoms with Crippen LogP contribution in [0.15, 0.2) is 27.7 Å². The maximum absolute atomic E-state index is 13.6. The lowest BCUT2D eigenvalue weighted by molar-refractivity contribution is 0.606. The number of hydrogen-bond acceptors (Lipinski definition) is 1. The number of halogens is 2. The largest absolute Gasteiger partial charge is 0.357 e. The molecule has 0 amide bonds. The molecule has 19 heavy (non-hydrogen) atoms. The lowest BCUT2D eigenvalue weighted by Gasteiger charge is -2.16. The van der Waals surface area contributed by atoms with Crippen molar-refractivity contribution < 1.29 is 4.39 Å². The molecule has 0 heterocycles. The molecule has 1 rings (SSSR count). The van der Waals surface area contributed by atoms with E-state index in [1.165, 1.54) is 6.07 Å². The lowest BCUT2D eigenvalue weighted by Crippen LogP contribution is -2.41. The Kier molecular flexibility index (Phi) is 6.84. The molecule has 1 unspecified atom stereocenters. The van der Waals surface area contributed by atoms with Gasteiger partial charge in [-0.15, -0.1) is 0 Å². The zero-order valence-corrected chi connectivity index (χ0v) is 13.2. The molecule has 0 aliphatic carbocycles. The SMILES string of the molecule is CCNC(=NCc1cc(Br)ccc1F)NC(C)CC. The highest BCUT2D eigenvalue weighted by molar-refractivity contribution is 9.10. The van der Waals surface area contributed by atoms with Gasteiger partial charge in [-0.1, -0.05) is 22.9 Å². The van der Waals surface area contributed by atoms with Crippen LogP contribution in [0.1, 0.15) is 32.8 Å². The summed E-state index contributed by atoms with van der Waals surface area (Å²) in [6, 6.07) is 5.23. The van der Waals surface area contributed by atoms with Crippen LogP contribution in [0.2, 0.25) is 0 Å². The summed E-state index contributed by atoms with van der Waals surface area (Å²) in [7, 11) is 0. The van der Waals surface area contributed by atoms with Crippen LogP contribution in [-0.2, 0) is 6.54 Å². The van der Waals surface area contributed by atoms with Crippen molar-refractivity contribution in [3.63, 3.8) is 0 Å². The molecule has 0 aliphatic heterocycles. The molecule has 0 aliphatic rings. The number of guanidine groups is 1. The molecule has 2 N–H and O–H groups in total. The monoisotopic (exact) mass is 329 g/mol. The van der Waals surface area contributed by atoms with Crippen molar-refractivity contribution in [2.75, 3.05) is 6.54 Å². The van der Waals surface area contributed by atoms with Crippen molar-refractivity contribution in [2.24, 2.45) is 4.99 Å². The molecular weight excluding hydrogens is 309 g/mol. The number of nitrogens with zero attached hydrogens (tertiary/aromatic N) is 1. The second kappa shape index (κ2) is 8.15. The molecule has 0 spiro atoms. The van der Waals surface area contributed by atoms with Gasteiger partial charge in [0.2, 0.25) is 0 Å². The van der Waals surface area contributed by atoms with Gasteiger partial charge in [0.15, 0.2) is 5.96 Å². The van der Waals surface area contributed by atoms with Gasteiger partial charge in [-0.2, -0.15) is 0 Å². The molecule has 3 nitrogen and oxygen atoms in total. The van der Waals surface area contributed by atoms with Crippen LogP contribution in [0.4, 0.5) is 4.39 Å². The van der Waals surface area contributed by atoms with Gasteiger partial charge >= 0.3 is 0 Å². The highest BCUT2D eigenvalue weighted by Gasteiger charge is 2.05. The fraction of sp³-hybridized carbons (Fsp3) is 0.500. The molecule has 0 saturated heterocycles. The van der Waals surface area contributed by atoms with Crippen molar-refractivity contribution in [3.8, 4) is 0 Å². The van der Waals surface area contributed by atoms with E-state index in [0.717, 1.165) is 23.4 Å². The summed E-state index contributed by atoms with van der Waals surface area (Å²) >= 11 is 3.34. The van der Waals surface area contributed by atoms with Gasteiger partial charge in [-0.05, 0) is 38.5 Å². The zero-order chi connectivity index (χ0) is 14.3. The first-order valence-electron chi connectivity index (χ1n) is 6.55. The van der Waals surface area contributed by atoms with E-state index in [2.05, 4.69) is 45.4 Å². The molecule has 0 aromatic heterocycles. The van der Waals surface area contributed by atoms with E-state index in [0.29, 0.717) is 18.2 Å². The van der Waals surface area contributed by atoms with E-state index in [4.69, 9.17) is 0 Å². The normalized spacial score (nSPS) is 13.2. The van der Waals surface area contributed by atoms with Gasteiger partial charge in [0, 0.05) is 22.6 Å². The van der Waals surface area contributed by atoms with Crippen LogP contribution in [0, 0.1) is 5.82 Å². The third-order valence-electron chi connectivity index (χ3n) is 2.75. The third kappa shape index (κ3) is 5.59. The standard InChI is InChI=1S/C14H21BrFN3/c1-4-10(3)19-14(17-5-2)18-9-11-8-12(15)6-7-13(11)16/h6-8,10H,4-5,9H2,1-3H3,(H2,17,18,19). The minimum Gasteiger partial charge on any atom is -0.357 e. The van der Waals surface area contributed by atoms with Crippen LogP contribution in [0.25, 0.3) is 0 Å². The summed E-state index contributed by atoms with van der Waals surface area (Å²) in [6.45, 7) is 7.30. The average Bonchev–Trinajstić information content (AvgIpc) is 2.39. The Labute approximate surface area is 122 Å². The maximum atomic E-state index is 13.6. The molecule has 1 atom stereocenters. The Bertz CT molecular complexity index is 435. The van der Waals surface area contributed by atoms with Crippen molar-refractivity contribution >= 4 is 21.9 Å². The Balaban J connectivity index is 2.76. The van der Waals surface area contributed by atoms with Crippen molar-refractivity contribution in [2.45, 2.75) is 39.8 Å². The van der Waals surface area contributed by atoms with Gasteiger partial charge in [0.05, 0.1) is 6.54 Å². The summed E-state index contributed by atoms with van der Waals surface area (Å²) in [5.74, 6) is 0.488. The van der Waals surface area contributed by atoms with E-state index < -0.39 is 0 Å². The van der Waals surface area contributed by atoms with Gasteiger partial charge in [-0.3, -0.25) is 0 Å². The number of aliphatic imine (C=N–C) groups is 1. The van der Waals surface area contributed by atoms with E-state index in [-0.39, 0.29) is 5.82 Å². The quantitative estimate of drug-likeness (QED) is 0.641.